The second-order valence-corrected chi connectivity index (χ2v) is 3.95. The standard InChI is InChI=1S/C12H15N3O4/c13-14-11(16)9-1-3-10(4-2-9)18-7-5-15-6-8-19-12(15)17/h1-4H,5-8,13H2,(H,14,16). The van der Waals surface area contributed by atoms with Gasteiger partial charge in [-0.25, -0.2) is 10.6 Å². The van der Waals surface area contributed by atoms with Crippen molar-refractivity contribution in [3.8, 4) is 5.75 Å². The van der Waals surface area contributed by atoms with E-state index in [1.54, 1.807) is 29.2 Å². The molecule has 19 heavy (non-hydrogen) atoms. The van der Waals surface area contributed by atoms with Crippen LogP contribution in [-0.2, 0) is 4.74 Å². The number of carbonyl (C=O) groups excluding carboxylic acids is 2. The lowest BCUT2D eigenvalue weighted by Gasteiger charge is -2.13. The van der Waals surface area contributed by atoms with Crippen molar-refractivity contribution in [3.63, 3.8) is 0 Å². The number of hydrazine groups is 1. The van der Waals surface area contributed by atoms with Gasteiger partial charge in [0, 0.05) is 5.56 Å². The highest BCUT2D eigenvalue weighted by molar-refractivity contribution is 5.93. The summed E-state index contributed by atoms with van der Waals surface area (Å²) in [4.78, 5) is 24.0. The fraction of sp³-hybridized carbons (Fsp3) is 0.333. The molecule has 0 atom stereocenters. The Hall–Kier alpha value is -2.28. The Labute approximate surface area is 110 Å². The number of hydrogen-bond acceptors (Lipinski definition) is 5. The normalized spacial score (nSPS) is 14.2. The van der Waals surface area contributed by atoms with E-state index in [-0.39, 0.29) is 12.0 Å². The fourth-order valence-corrected chi connectivity index (χ4v) is 1.69. The third-order valence-corrected chi connectivity index (χ3v) is 2.72. The molecule has 0 saturated carbocycles. The van der Waals surface area contributed by atoms with E-state index in [0.29, 0.717) is 37.6 Å². The summed E-state index contributed by atoms with van der Waals surface area (Å²) in [5.41, 5.74) is 2.50. The molecule has 0 spiro atoms. The maximum absolute atomic E-state index is 11.2. The van der Waals surface area contributed by atoms with E-state index in [0.717, 1.165) is 0 Å². The summed E-state index contributed by atoms with van der Waals surface area (Å²) in [6.45, 7) is 1.88. The highest BCUT2D eigenvalue weighted by atomic mass is 16.6. The van der Waals surface area contributed by atoms with E-state index in [9.17, 15) is 9.59 Å². The first-order valence-electron chi connectivity index (χ1n) is 5.86. The van der Waals surface area contributed by atoms with E-state index in [1.165, 1.54) is 0 Å². The highest BCUT2D eigenvalue weighted by Gasteiger charge is 2.21. The van der Waals surface area contributed by atoms with Crippen LogP contribution in [-0.4, -0.2) is 43.2 Å². The molecular formula is C12H15N3O4. The summed E-state index contributed by atoms with van der Waals surface area (Å²) in [7, 11) is 0. The van der Waals surface area contributed by atoms with Crippen LogP contribution in [0, 0.1) is 0 Å². The Bertz CT molecular complexity index is 461. The van der Waals surface area contributed by atoms with Crippen LogP contribution in [0.1, 0.15) is 10.4 Å². The van der Waals surface area contributed by atoms with Crippen molar-refractivity contribution in [3.05, 3.63) is 29.8 Å². The van der Waals surface area contributed by atoms with Gasteiger partial charge >= 0.3 is 6.09 Å². The molecule has 1 heterocycles. The van der Waals surface area contributed by atoms with Crippen molar-refractivity contribution in [2.24, 2.45) is 5.84 Å². The predicted octanol–water partition coefficient (Wildman–Crippen LogP) is 0.121. The minimum Gasteiger partial charge on any atom is -0.492 e. The molecule has 1 aliphatic heterocycles. The topological polar surface area (TPSA) is 93.9 Å². The second-order valence-electron chi connectivity index (χ2n) is 3.95. The van der Waals surface area contributed by atoms with Crippen molar-refractivity contribution in [1.29, 1.82) is 0 Å². The van der Waals surface area contributed by atoms with Gasteiger partial charge in [0.2, 0.25) is 0 Å². The summed E-state index contributed by atoms with van der Waals surface area (Å²) in [6, 6.07) is 6.57. The Morgan fingerprint density at radius 3 is 2.74 bits per heavy atom. The number of rotatable bonds is 5. The second kappa shape index (κ2) is 6.05. The summed E-state index contributed by atoms with van der Waals surface area (Å²) in [6.07, 6.45) is -0.307. The number of nitrogens with one attached hydrogen (secondary N) is 1. The van der Waals surface area contributed by atoms with E-state index < -0.39 is 0 Å². The molecular weight excluding hydrogens is 250 g/mol. The monoisotopic (exact) mass is 265 g/mol. The zero-order chi connectivity index (χ0) is 13.7. The highest BCUT2D eigenvalue weighted by Crippen LogP contribution is 2.12. The van der Waals surface area contributed by atoms with Gasteiger partial charge in [0.25, 0.3) is 5.91 Å². The minimum atomic E-state index is -0.355. The molecule has 1 aromatic rings. The maximum Gasteiger partial charge on any atom is 0.410 e. The first-order chi connectivity index (χ1) is 9.20. The molecule has 2 amide bonds. The predicted molar refractivity (Wildman–Crippen MR) is 66.5 cm³/mol. The number of ether oxygens (including phenoxy) is 2. The van der Waals surface area contributed by atoms with Crippen LogP contribution in [0.2, 0.25) is 0 Å². The molecule has 0 aliphatic carbocycles. The summed E-state index contributed by atoms with van der Waals surface area (Å²) in [5, 5.41) is 0. The zero-order valence-electron chi connectivity index (χ0n) is 10.3. The average molecular weight is 265 g/mol. The first kappa shape index (κ1) is 13.2. The molecule has 0 bridgehead atoms. The number of carbonyl (C=O) groups is 2. The molecule has 2 rings (SSSR count). The quantitative estimate of drug-likeness (QED) is 0.448. The molecule has 7 heteroatoms. The van der Waals surface area contributed by atoms with Crippen LogP contribution >= 0.6 is 0 Å². The average Bonchev–Trinajstić information content (AvgIpc) is 2.84. The van der Waals surface area contributed by atoms with Crippen LogP contribution in [0.5, 0.6) is 5.75 Å². The van der Waals surface area contributed by atoms with Gasteiger partial charge in [0.05, 0.1) is 13.1 Å². The van der Waals surface area contributed by atoms with Crippen LogP contribution < -0.4 is 16.0 Å². The fourth-order valence-electron chi connectivity index (χ4n) is 1.69. The van der Waals surface area contributed by atoms with Gasteiger partial charge in [-0.05, 0) is 24.3 Å². The number of cyclic esters (lactones) is 1. The minimum absolute atomic E-state index is 0.307. The lowest BCUT2D eigenvalue weighted by Crippen LogP contribution is -2.30. The molecule has 0 radical (unpaired) electrons. The molecule has 3 N–H and O–H groups in total. The number of nitrogens with two attached hydrogens (primary N) is 1. The number of hydrogen-bond donors (Lipinski definition) is 2. The van der Waals surface area contributed by atoms with Crippen LogP contribution in [0.3, 0.4) is 0 Å². The van der Waals surface area contributed by atoms with Gasteiger partial charge in [-0.2, -0.15) is 0 Å². The van der Waals surface area contributed by atoms with Crippen molar-refractivity contribution >= 4 is 12.0 Å². The SMILES string of the molecule is NNC(=O)c1ccc(OCCN2CCOC2=O)cc1. The molecule has 1 fully saturated rings. The summed E-state index contributed by atoms with van der Waals surface area (Å²) >= 11 is 0. The van der Waals surface area contributed by atoms with E-state index in [1.807, 2.05) is 5.43 Å². The van der Waals surface area contributed by atoms with Gasteiger partial charge < -0.3 is 14.4 Å². The van der Waals surface area contributed by atoms with Gasteiger partial charge in [0.15, 0.2) is 0 Å². The molecule has 1 aliphatic rings. The van der Waals surface area contributed by atoms with Gasteiger partial charge in [0.1, 0.15) is 19.0 Å². The van der Waals surface area contributed by atoms with Crippen molar-refractivity contribution in [1.82, 2.24) is 10.3 Å². The smallest absolute Gasteiger partial charge is 0.410 e. The summed E-state index contributed by atoms with van der Waals surface area (Å²) < 4.78 is 10.3. The molecule has 1 saturated heterocycles. The number of amides is 2. The third kappa shape index (κ3) is 3.35. The molecule has 7 nitrogen and oxygen atoms in total. The Balaban J connectivity index is 1.80. The molecule has 1 aromatic carbocycles. The van der Waals surface area contributed by atoms with Crippen molar-refractivity contribution < 1.29 is 19.1 Å². The molecule has 0 unspecified atom stereocenters. The van der Waals surface area contributed by atoms with E-state index in [4.69, 9.17) is 15.3 Å². The molecule has 102 valence electrons. The number of nitrogens with zero attached hydrogens (tertiary/aromatic N) is 1. The van der Waals surface area contributed by atoms with Crippen molar-refractivity contribution in [2.75, 3.05) is 26.3 Å². The van der Waals surface area contributed by atoms with Crippen LogP contribution in [0.15, 0.2) is 24.3 Å². The number of nitrogen functional groups attached to an aromatic ring is 1. The number of benzene rings is 1. The van der Waals surface area contributed by atoms with E-state index >= 15 is 0 Å². The van der Waals surface area contributed by atoms with Crippen molar-refractivity contribution in [2.45, 2.75) is 0 Å². The maximum atomic E-state index is 11.2. The van der Waals surface area contributed by atoms with Crippen LogP contribution in [0.4, 0.5) is 4.79 Å². The third-order valence-electron chi connectivity index (χ3n) is 2.72. The largest absolute Gasteiger partial charge is 0.492 e. The first-order valence-corrected chi connectivity index (χ1v) is 5.86. The Kier molecular flexibility index (Phi) is 4.19. The molecule has 0 aromatic heterocycles. The lowest BCUT2D eigenvalue weighted by atomic mass is 10.2. The Morgan fingerprint density at radius 1 is 1.42 bits per heavy atom. The summed E-state index contributed by atoms with van der Waals surface area (Å²) in [5.74, 6) is 5.30. The van der Waals surface area contributed by atoms with Gasteiger partial charge in [-0.15, -0.1) is 0 Å². The zero-order valence-corrected chi connectivity index (χ0v) is 10.3. The lowest BCUT2D eigenvalue weighted by molar-refractivity contribution is 0.0953. The van der Waals surface area contributed by atoms with E-state index in [2.05, 4.69) is 0 Å². The Morgan fingerprint density at radius 2 is 2.16 bits per heavy atom. The van der Waals surface area contributed by atoms with Crippen LogP contribution in [0.25, 0.3) is 0 Å². The van der Waals surface area contributed by atoms with Gasteiger partial charge in [-0.1, -0.05) is 0 Å². The van der Waals surface area contributed by atoms with Gasteiger partial charge in [-0.3, -0.25) is 10.2 Å².